The van der Waals surface area contributed by atoms with Crippen LogP contribution < -0.4 is 14.2 Å². The van der Waals surface area contributed by atoms with Gasteiger partial charge in [0.25, 0.3) is 0 Å². The van der Waals surface area contributed by atoms with Gasteiger partial charge in [-0.05, 0) is 199 Å². The summed E-state index contributed by atoms with van der Waals surface area (Å²) in [5.74, 6) is 8.07. The Labute approximate surface area is 498 Å². The third-order valence-corrected chi connectivity index (χ3v) is 19.1. The van der Waals surface area contributed by atoms with E-state index < -0.39 is 18.5 Å². The minimum Gasteiger partial charge on any atom is -0.465 e. The van der Waals surface area contributed by atoms with E-state index in [4.69, 9.17) is 28.4 Å². The monoisotopic (exact) mass is 1140 g/mol. The molecular formula is C73H115F3O6. The van der Waals surface area contributed by atoms with Gasteiger partial charge in [0.05, 0.1) is 12.7 Å². The largest absolute Gasteiger partial charge is 0.465 e. The zero-order chi connectivity index (χ0) is 58.9. The number of hydrogen-bond donors (Lipinski definition) is 0. The first kappa shape index (κ1) is 67.9. The summed E-state index contributed by atoms with van der Waals surface area (Å²) in [6.07, 6.45) is 29.8. The van der Waals surface area contributed by atoms with E-state index >= 15 is 0 Å². The molecule has 4 bridgehead atoms. The molecule has 0 N–H and O–H groups in total. The summed E-state index contributed by atoms with van der Waals surface area (Å²) in [6, 6.07) is 22.4. The van der Waals surface area contributed by atoms with Crippen molar-refractivity contribution in [3.05, 3.63) is 89.5 Å². The van der Waals surface area contributed by atoms with Gasteiger partial charge in [0.2, 0.25) is 18.9 Å². The molecule has 6 fully saturated rings. The Morgan fingerprint density at radius 2 is 0.976 bits per heavy atom. The van der Waals surface area contributed by atoms with Gasteiger partial charge in [-0.1, -0.05) is 168 Å². The van der Waals surface area contributed by atoms with Gasteiger partial charge in [-0.25, -0.2) is 13.2 Å². The van der Waals surface area contributed by atoms with Crippen LogP contribution in [-0.4, -0.2) is 38.2 Å². The first-order valence-electron chi connectivity index (χ1n) is 33.8. The van der Waals surface area contributed by atoms with Crippen molar-refractivity contribution in [1.29, 1.82) is 0 Å². The van der Waals surface area contributed by atoms with Gasteiger partial charge in [-0.2, -0.15) is 0 Å². The number of halogens is 3. The molecule has 11 unspecified atom stereocenters. The molecule has 6 aliphatic rings. The summed E-state index contributed by atoms with van der Waals surface area (Å²) in [4.78, 5) is 0. The predicted molar refractivity (Wildman–Crippen MR) is 333 cm³/mol. The van der Waals surface area contributed by atoms with Gasteiger partial charge in [-0.15, -0.1) is 0 Å². The second kappa shape index (κ2) is 36.0. The van der Waals surface area contributed by atoms with E-state index in [1.165, 1.54) is 135 Å². The summed E-state index contributed by atoms with van der Waals surface area (Å²) in [7, 11) is 0. The summed E-state index contributed by atoms with van der Waals surface area (Å²) < 4.78 is 78.8. The third kappa shape index (κ3) is 21.6. The zero-order valence-electron chi connectivity index (χ0n) is 53.2. The molecule has 6 aliphatic carbocycles. The fourth-order valence-electron chi connectivity index (χ4n) is 15.0. The van der Waals surface area contributed by atoms with Crippen molar-refractivity contribution in [3.63, 3.8) is 0 Å². The summed E-state index contributed by atoms with van der Waals surface area (Å²) >= 11 is 0. The molecule has 0 spiro atoms. The molecule has 3 aromatic rings. The number of alkyl halides is 3. The molecule has 11 atom stereocenters. The van der Waals surface area contributed by atoms with Gasteiger partial charge in [-0.3, -0.25) is 0 Å². The lowest BCUT2D eigenvalue weighted by Gasteiger charge is -2.52. The van der Waals surface area contributed by atoms with Crippen molar-refractivity contribution in [3.8, 4) is 17.2 Å². The van der Waals surface area contributed by atoms with Crippen molar-refractivity contribution in [2.24, 2.45) is 52.8 Å². The van der Waals surface area contributed by atoms with E-state index in [9.17, 15) is 13.2 Å². The van der Waals surface area contributed by atoms with Crippen LogP contribution in [-0.2, 0) is 14.2 Å². The highest BCUT2D eigenvalue weighted by molar-refractivity contribution is 5.31. The van der Waals surface area contributed by atoms with Gasteiger partial charge >= 0.3 is 0 Å². The maximum Gasteiger partial charge on any atom is 0.205 e. The van der Waals surface area contributed by atoms with E-state index in [-0.39, 0.29) is 30.4 Å². The van der Waals surface area contributed by atoms with E-state index in [1.807, 2.05) is 114 Å². The number of unbranched alkanes of at least 4 members (excludes halogenated alkanes) is 3. The maximum absolute atomic E-state index is 14.1. The number of hydrogen-bond acceptors (Lipinski definition) is 6. The van der Waals surface area contributed by atoms with Crippen LogP contribution in [0.2, 0.25) is 0 Å². The lowest BCUT2D eigenvalue weighted by molar-refractivity contribution is -0.199. The number of fused-ring (bicyclic) bond motifs is 4. The molecule has 0 heterocycles. The van der Waals surface area contributed by atoms with Crippen LogP contribution in [0.15, 0.2) is 72.8 Å². The highest BCUT2D eigenvalue weighted by Crippen LogP contribution is 2.56. The Morgan fingerprint density at radius 1 is 0.500 bits per heavy atom. The van der Waals surface area contributed by atoms with Crippen LogP contribution in [0.5, 0.6) is 17.2 Å². The maximum atomic E-state index is 14.1. The average Bonchev–Trinajstić information content (AvgIpc) is 4.27. The van der Waals surface area contributed by atoms with Crippen LogP contribution in [0.3, 0.4) is 0 Å². The fourth-order valence-corrected chi connectivity index (χ4v) is 15.0. The SMILES string of the molecule is CCC(F)c1ccc(OC(OC(C)C)C2CCCCC2)cc1.CCC(F)c1ccc(OC(OCCC2CCCCC2)C23CC(C)CC(CC(C)C2)C3)cc1.CCCCCC.CCOC(Oc1ccc(C(F)CC)cc1)C1CC2CCC1C2. The summed E-state index contributed by atoms with van der Waals surface area (Å²) in [5.41, 5.74) is 2.29. The molecule has 9 rings (SSSR count). The molecule has 464 valence electrons. The van der Waals surface area contributed by atoms with Gasteiger partial charge in [0.1, 0.15) is 35.8 Å². The predicted octanol–water partition coefficient (Wildman–Crippen LogP) is 22.3. The van der Waals surface area contributed by atoms with Crippen molar-refractivity contribution in [2.75, 3.05) is 13.2 Å². The lowest BCUT2D eigenvalue weighted by atomic mass is 9.56. The molecule has 0 aliphatic heterocycles. The van der Waals surface area contributed by atoms with Gasteiger partial charge < -0.3 is 28.4 Å². The van der Waals surface area contributed by atoms with Crippen LogP contribution in [0.25, 0.3) is 0 Å². The van der Waals surface area contributed by atoms with Crippen LogP contribution in [0, 0.1) is 52.8 Å². The Kier molecular flexibility index (Phi) is 29.8. The number of benzene rings is 3. The van der Waals surface area contributed by atoms with Crippen molar-refractivity contribution < 1.29 is 41.6 Å². The minimum atomic E-state index is -0.899. The molecule has 6 nitrogen and oxygen atoms in total. The molecule has 0 amide bonds. The summed E-state index contributed by atoms with van der Waals surface area (Å²) in [6.45, 7) is 22.4. The standard InChI is InChI=1S/C29H45FO2.C19H27FO2.C19H29FO2.C6H14/c1-4-27(30)25-10-12-26(13-11-25)32-28(31-15-14-23-8-6-5-7-9-23)29-18-21(2)16-24(20-29)17-22(3)19-29;1-3-18(20)14-7-9-16(10-8-14)22-19(21-4-2)17-12-13-5-6-15(17)11-13;1-4-18(20)15-10-12-17(13-11-15)22-19(21-14(2)3)16-8-6-5-7-9-16;1-3-5-6-4-2/h10-13,21-24,27-28H,4-9,14-20H2,1-3H3;7-10,13,15,17-19H,3-6,11-12H2,1-2H3;10-14,16,18-19H,4-9H2,1-3H3;3-6H2,1-2H3. The molecule has 0 saturated heterocycles. The molecule has 0 aromatic heterocycles. The fraction of sp³-hybridized carbons (Fsp3) is 0.753. The van der Waals surface area contributed by atoms with Crippen molar-refractivity contribution in [2.45, 2.75) is 286 Å². The normalized spacial score (nSPS) is 26.6. The second-order valence-corrected chi connectivity index (χ2v) is 26.5. The third-order valence-electron chi connectivity index (χ3n) is 19.1. The van der Waals surface area contributed by atoms with Crippen molar-refractivity contribution in [1.82, 2.24) is 0 Å². The first-order chi connectivity index (χ1) is 39.7. The van der Waals surface area contributed by atoms with Gasteiger partial charge in [0.15, 0.2) is 0 Å². The number of ether oxygens (including phenoxy) is 6. The lowest BCUT2D eigenvalue weighted by Crippen LogP contribution is -2.50. The Hall–Kier alpha value is -3.27. The molecule has 6 saturated carbocycles. The molecule has 0 radical (unpaired) electrons. The van der Waals surface area contributed by atoms with Crippen LogP contribution >= 0.6 is 0 Å². The summed E-state index contributed by atoms with van der Waals surface area (Å²) in [5, 5.41) is 0. The Morgan fingerprint density at radius 3 is 1.40 bits per heavy atom. The van der Waals surface area contributed by atoms with Crippen LogP contribution in [0.4, 0.5) is 13.2 Å². The quantitative estimate of drug-likeness (QED) is 0.0590. The Balaban J connectivity index is 0.000000193. The van der Waals surface area contributed by atoms with E-state index in [1.54, 1.807) is 0 Å². The molecule has 9 heteroatoms. The number of rotatable bonds is 26. The highest BCUT2D eigenvalue weighted by atomic mass is 19.1. The van der Waals surface area contributed by atoms with E-state index in [2.05, 4.69) is 27.7 Å². The first-order valence-corrected chi connectivity index (χ1v) is 33.8. The van der Waals surface area contributed by atoms with E-state index in [0.717, 1.165) is 89.8 Å². The Bertz CT molecular complexity index is 2050. The minimum absolute atomic E-state index is 0.108. The highest BCUT2D eigenvalue weighted by Gasteiger charge is 2.51. The van der Waals surface area contributed by atoms with E-state index in [0.29, 0.717) is 43.3 Å². The zero-order valence-corrected chi connectivity index (χ0v) is 53.2. The molecular weight excluding hydrogens is 1030 g/mol. The van der Waals surface area contributed by atoms with Gasteiger partial charge in [0, 0.05) is 23.9 Å². The molecule has 82 heavy (non-hydrogen) atoms. The van der Waals surface area contributed by atoms with Crippen molar-refractivity contribution >= 4 is 0 Å². The average molecular weight is 1150 g/mol. The topological polar surface area (TPSA) is 55.4 Å². The second-order valence-electron chi connectivity index (χ2n) is 26.5. The smallest absolute Gasteiger partial charge is 0.205 e. The molecule has 3 aromatic carbocycles. The van der Waals surface area contributed by atoms with Crippen LogP contribution in [0.1, 0.15) is 278 Å².